The normalized spacial score (nSPS) is 16.6. The average Bonchev–Trinajstić information content (AvgIpc) is 2.58. The summed E-state index contributed by atoms with van der Waals surface area (Å²) in [5.74, 6) is -0.493. The van der Waals surface area contributed by atoms with Crippen molar-refractivity contribution in [3.05, 3.63) is 34.9 Å². The summed E-state index contributed by atoms with van der Waals surface area (Å²) in [5.41, 5.74) is -0.704. The van der Waals surface area contributed by atoms with E-state index in [4.69, 9.17) is 20.8 Å². The third kappa shape index (κ3) is 6.23. The molecule has 0 bridgehead atoms. The number of carbonyl (C=O) groups excluding carboxylic acids is 1. The molecule has 7 heteroatoms. The van der Waals surface area contributed by atoms with Crippen LogP contribution >= 0.6 is 18.7 Å². The molecule has 2 atom stereocenters. The molecular formula is C19H32ClO4PSi. The fraction of sp³-hybridized carbons (Fsp3) is 0.632. The monoisotopic (exact) mass is 418 g/mol. The Morgan fingerprint density at radius 2 is 1.77 bits per heavy atom. The van der Waals surface area contributed by atoms with Gasteiger partial charge in [0.05, 0.1) is 14.3 Å². The molecule has 1 aromatic rings. The number of carbonyl (C=O) groups is 1. The van der Waals surface area contributed by atoms with Gasteiger partial charge in [-0.1, -0.05) is 44.0 Å². The number of hydrogen-bond donors (Lipinski definition) is 0. The van der Waals surface area contributed by atoms with E-state index in [0.717, 1.165) is 12.8 Å². The lowest BCUT2D eigenvalue weighted by Gasteiger charge is -2.39. The summed E-state index contributed by atoms with van der Waals surface area (Å²) >= 11 is 6.03. The highest BCUT2D eigenvalue weighted by molar-refractivity contribution is 7.64. The Kier molecular flexibility index (Phi) is 8.60. The van der Waals surface area contributed by atoms with Gasteiger partial charge in [-0.05, 0) is 49.9 Å². The molecular weight excluding hydrogens is 387 g/mol. The summed E-state index contributed by atoms with van der Waals surface area (Å²) in [6.45, 7) is 10.1. The van der Waals surface area contributed by atoms with Crippen LogP contribution in [0.3, 0.4) is 0 Å². The van der Waals surface area contributed by atoms with Gasteiger partial charge in [0.25, 0.3) is 0 Å². The fourth-order valence-electron chi connectivity index (χ4n) is 3.01. The largest absolute Gasteiger partial charge is 0.467 e. The standard InChI is InChI=1S/C19H32ClO4PSi/c1-7-9-14-25(22,8-2)15-19(18(21)23-3,24-26(4,5)6)16-10-12-17(20)13-11-16/h10-13H,7-9,14-15H2,1-6H3. The van der Waals surface area contributed by atoms with E-state index in [-0.39, 0.29) is 6.16 Å². The molecule has 0 aromatic heterocycles. The second-order valence-corrected chi connectivity index (χ2v) is 16.0. The molecule has 0 radical (unpaired) electrons. The minimum atomic E-state index is -2.61. The van der Waals surface area contributed by atoms with Gasteiger partial charge >= 0.3 is 5.97 Å². The van der Waals surface area contributed by atoms with Crippen LogP contribution < -0.4 is 0 Å². The predicted molar refractivity (Wildman–Crippen MR) is 112 cm³/mol. The Balaban J connectivity index is 3.53. The molecule has 0 aliphatic heterocycles. The van der Waals surface area contributed by atoms with Gasteiger partial charge in [-0.25, -0.2) is 4.79 Å². The van der Waals surface area contributed by atoms with Crippen molar-refractivity contribution in [3.63, 3.8) is 0 Å². The van der Waals surface area contributed by atoms with Crippen LogP contribution in [-0.2, 0) is 24.1 Å². The van der Waals surface area contributed by atoms with Gasteiger partial charge in [0, 0.05) is 17.3 Å². The number of rotatable bonds is 10. The van der Waals surface area contributed by atoms with Gasteiger partial charge in [0.2, 0.25) is 0 Å². The number of halogens is 1. The van der Waals surface area contributed by atoms with E-state index in [1.54, 1.807) is 24.3 Å². The molecule has 0 amide bonds. The first-order chi connectivity index (χ1) is 12.0. The van der Waals surface area contributed by atoms with Gasteiger partial charge in [-0.2, -0.15) is 0 Å². The molecule has 4 nitrogen and oxygen atoms in total. The molecule has 148 valence electrons. The van der Waals surface area contributed by atoms with Crippen molar-refractivity contribution in [3.8, 4) is 0 Å². The van der Waals surface area contributed by atoms with Crippen LogP contribution in [0.25, 0.3) is 0 Å². The van der Waals surface area contributed by atoms with E-state index in [1.165, 1.54) is 7.11 Å². The Morgan fingerprint density at radius 3 is 2.19 bits per heavy atom. The van der Waals surface area contributed by atoms with Crippen LogP contribution in [-0.4, -0.2) is 39.9 Å². The number of methoxy groups -OCH3 is 1. The lowest BCUT2D eigenvalue weighted by Crippen LogP contribution is -2.49. The molecule has 1 aromatic carbocycles. The van der Waals surface area contributed by atoms with Crippen molar-refractivity contribution in [2.24, 2.45) is 0 Å². The Labute approximate surface area is 164 Å². The highest BCUT2D eigenvalue weighted by Crippen LogP contribution is 2.52. The van der Waals surface area contributed by atoms with Crippen molar-refractivity contribution >= 4 is 33.0 Å². The maximum Gasteiger partial charge on any atom is 0.342 e. The summed E-state index contributed by atoms with van der Waals surface area (Å²) in [5, 5.41) is 0.574. The molecule has 2 unspecified atom stereocenters. The number of unbranched alkanes of at least 4 members (excludes halogenated alkanes) is 1. The number of benzene rings is 1. The maximum absolute atomic E-state index is 13.6. The summed E-state index contributed by atoms with van der Waals surface area (Å²) < 4.78 is 25.2. The molecule has 0 fully saturated rings. The van der Waals surface area contributed by atoms with Crippen molar-refractivity contribution in [1.29, 1.82) is 0 Å². The van der Waals surface area contributed by atoms with Crippen LogP contribution in [0.5, 0.6) is 0 Å². The Bertz CT molecular complexity index is 642. The maximum atomic E-state index is 13.6. The highest BCUT2D eigenvalue weighted by Gasteiger charge is 2.49. The zero-order valence-electron chi connectivity index (χ0n) is 16.8. The second kappa shape index (κ2) is 9.54. The minimum absolute atomic E-state index is 0.162. The first kappa shape index (κ1) is 23.4. The van der Waals surface area contributed by atoms with Crippen LogP contribution in [0.2, 0.25) is 24.7 Å². The van der Waals surface area contributed by atoms with Crippen molar-refractivity contribution in [2.75, 3.05) is 25.6 Å². The van der Waals surface area contributed by atoms with Crippen LogP contribution in [0, 0.1) is 0 Å². The molecule has 0 saturated heterocycles. The summed E-state index contributed by atoms with van der Waals surface area (Å²) in [4.78, 5) is 13.0. The number of hydrogen-bond acceptors (Lipinski definition) is 4. The Hall–Kier alpha value is -0.613. The minimum Gasteiger partial charge on any atom is -0.467 e. The third-order valence-electron chi connectivity index (χ3n) is 4.31. The van der Waals surface area contributed by atoms with Crippen molar-refractivity contribution in [2.45, 2.75) is 51.9 Å². The molecule has 0 spiro atoms. The molecule has 0 aliphatic rings. The molecule has 0 heterocycles. The summed E-state index contributed by atoms with van der Waals surface area (Å²) in [7, 11) is -3.42. The predicted octanol–water partition coefficient (Wildman–Crippen LogP) is 5.74. The smallest absolute Gasteiger partial charge is 0.342 e. The van der Waals surface area contributed by atoms with E-state index in [0.29, 0.717) is 22.9 Å². The Morgan fingerprint density at radius 1 is 1.19 bits per heavy atom. The average molecular weight is 419 g/mol. The van der Waals surface area contributed by atoms with Crippen molar-refractivity contribution < 1.29 is 18.5 Å². The van der Waals surface area contributed by atoms with E-state index in [2.05, 4.69) is 6.92 Å². The first-order valence-corrected chi connectivity index (χ1v) is 15.2. The second-order valence-electron chi connectivity index (χ2n) is 7.65. The topological polar surface area (TPSA) is 52.6 Å². The molecule has 1 rings (SSSR count). The molecule has 0 N–H and O–H groups in total. The van der Waals surface area contributed by atoms with Gasteiger partial charge < -0.3 is 13.7 Å². The number of ether oxygens (including phenoxy) is 1. The van der Waals surface area contributed by atoms with E-state index < -0.39 is 27.0 Å². The van der Waals surface area contributed by atoms with E-state index >= 15 is 0 Å². The van der Waals surface area contributed by atoms with Crippen LogP contribution in [0.1, 0.15) is 32.3 Å². The summed E-state index contributed by atoms with van der Waals surface area (Å²) in [6, 6.07) is 7.01. The quantitative estimate of drug-likeness (QED) is 0.276. The zero-order valence-corrected chi connectivity index (χ0v) is 19.5. The molecule has 0 saturated carbocycles. The zero-order chi connectivity index (χ0) is 20.0. The van der Waals surface area contributed by atoms with Gasteiger partial charge in [-0.15, -0.1) is 0 Å². The molecule has 0 aliphatic carbocycles. The SMILES string of the molecule is CCCCP(=O)(CC)CC(O[Si](C)(C)C)(C(=O)OC)c1ccc(Cl)cc1. The fourth-order valence-corrected chi connectivity index (χ4v) is 7.36. The lowest BCUT2D eigenvalue weighted by atomic mass is 9.96. The molecule has 26 heavy (non-hydrogen) atoms. The van der Waals surface area contributed by atoms with Gasteiger partial charge in [0.15, 0.2) is 13.9 Å². The highest BCUT2D eigenvalue weighted by atomic mass is 35.5. The van der Waals surface area contributed by atoms with Crippen LogP contribution in [0.15, 0.2) is 24.3 Å². The van der Waals surface area contributed by atoms with E-state index in [1.807, 2.05) is 26.6 Å². The summed E-state index contributed by atoms with van der Waals surface area (Å²) in [6.07, 6.45) is 3.14. The number of esters is 1. The lowest BCUT2D eigenvalue weighted by molar-refractivity contribution is -0.159. The first-order valence-electron chi connectivity index (χ1n) is 9.13. The van der Waals surface area contributed by atoms with Gasteiger partial charge in [0.1, 0.15) is 0 Å². The van der Waals surface area contributed by atoms with Crippen LogP contribution in [0.4, 0.5) is 0 Å². The van der Waals surface area contributed by atoms with E-state index in [9.17, 15) is 9.36 Å². The third-order valence-corrected chi connectivity index (χ3v) is 8.83. The van der Waals surface area contributed by atoms with Gasteiger partial charge in [-0.3, -0.25) is 0 Å². The van der Waals surface area contributed by atoms with Crippen molar-refractivity contribution in [1.82, 2.24) is 0 Å².